The minimum absolute atomic E-state index is 0.227. The number of pyridine rings is 1. The van der Waals surface area contributed by atoms with E-state index in [4.69, 9.17) is 4.74 Å². The van der Waals surface area contributed by atoms with Crippen LogP contribution in [-0.4, -0.2) is 10.8 Å². The van der Waals surface area contributed by atoms with Gasteiger partial charge in [-0.05, 0) is 38.0 Å². The highest BCUT2D eigenvalue weighted by Crippen LogP contribution is 2.29. The molecule has 2 aromatic rings. The van der Waals surface area contributed by atoms with Crippen LogP contribution in [0.3, 0.4) is 0 Å². The molecular weight excluding hydrogens is 250 g/mol. The van der Waals surface area contributed by atoms with E-state index in [1.165, 1.54) is 0 Å². The fourth-order valence-corrected chi connectivity index (χ4v) is 2.61. The van der Waals surface area contributed by atoms with Gasteiger partial charge < -0.3 is 4.74 Å². The van der Waals surface area contributed by atoms with Crippen molar-refractivity contribution in [2.75, 3.05) is 0 Å². The molecule has 3 heteroatoms. The summed E-state index contributed by atoms with van der Waals surface area (Å²) in [5.41, 5.74) is 3.77. The van der Waals surface area contributed by atoms with Gasteiger partial charge in [0.1, 0.15) is 12.4 Å². The molecule has 0 bridgehead atoms. The van der Waals surface area contributed by atoms with Crippen molar-refractivity contribution >= 4 is 5.78 Å². The van der Waals surface area contributed by atoms with Crippen molar-refractivity contribution in [3.8, 4) is 5.75 Å². The van der Waals surface area contributed by atoms with E-state index in [9.17, 15) is 4.79 Å². The van der Waals surface area contributed by atoms with Gasteiger partial charge in [-0.1, -0.05) is 18.2 Å². The lowest BCUT2D eigenvalue weighted by atomic mass is 9.90. The molecule has 1 aromatic carbocycles. The summed E-state index contributed by atoms with van der Waals surface area (Å²) < 4.78 is 5.88. The summed E-state index contributed by atoms with van der Waals surface area (Å²) in [5.74, 6) is 1.05. The second-order valence-electron chi connectivity index (χ2n) is 5.12. The van der Waals surface area contributed by atoms with Gasteiger partial charge in [0, 0.05) is 23.2 Å². The van der Waals surface area contributed by atoms with Crippen molar-refractivity contribution in [2.45, 2.75) is 32.8 Å². The second kappa shape index (κ2) is 5.45. The summed E-state index contributed by atoms with van der Waals surface area (Å²) in [6.07, 6.45) is 2.48. The Morgan fingerprint density at radius 3 is 2.85 bits per heavy atom. The minimum atomic E-state index is 0.227. The summed E-state index contributed by atoms with van der Waals surface area (Å²) in [7, 11) is 0. The van der Waals surface area contributed by atoms with Crippen LogP contribution in [0.4, 0.5) is 0 Å². The molecule has 0 fully saturated rings. The van der Waals surface area contributed by atoms with Crippen molar-refractivity contribution in [1.82, 2.24) is 4.98 Å². The van der Waals surface area contributed by atoms with Gasteiger partial charge in [-0.3, -0.25) is 9.78 Å². The number of rotatable bonds is 3. The first-order chi connectivity index (χ1) is 9.74. The summed E-state index contributed by atoms with van der Waals surface area (Å²) in [6.45, 7) is 2.40. The molecule has 20 heavy (non-hydrogen) atoms. The van der Waals surface area contributed by atoms with Crippen molar-refractivity contribution in [3.05, 3.63) is 58.9 Å². The monoisotopic (exact) mass is 267 g/mol. The molecule has 102 valence electrons. The average molecular weight is 267 g/mol. The van der Waals surface area contributed by atoms with Crippen molar-refractivity contribution in [2.24, 2.45) is 0 Å². The summed E-state index contributed by atoms with van der Waals surface area (Å²) >= 11 is 0. The molecule has 0 unspecified atom stereocenters. The fraction of sp³-hybridized carbons (Fsp3) is 0.294. The standard InChI is InChI=1S/C17H17NO2/c1-12-5-2-6-13(18-12)11-20-17-10-4-7-14-15(17)8-3-9-16(14)19/h2,4-7,10H,3,8-9,11H2,1H3. The van der Waals surface area contributed by atoms with Gasteiger partial charge in [0.15, 0.2) is 5.78 Å². The highest BCUT2D eigenvalue weighted by Gasteiger charge is 2.20. The normalized spacial score (nSPS) is 13.9. The van der Waals surface area contributed by atoms with E-state index < -0.39 is 0 Å². The molecule has 0 saturated heterocycles. The molecule has 0 atom stereocenters. The first-order valence-corrected chi connectivity index (χ1v) is 6.94. The maximum Gasteiger partial charge on any atom is 0.163 e. The number of Topliss-reactive ketones (excluding diaryl/α,β-unsaturated/α-hetero) is 1. The van der Waals surface area contributed by atoms with Gasteiger partial charge in [0.2, 0.25) is 0 Å². The third-order valence-electron chi connectivity index (χ3n) is 3.59. The number of fused-ring (bicyclic) bond motifs is 1. The quantitative estimate of drug-likeness (QED) is 0.854. The zero-order valence-corrected chi connectivity index (χ0v) is 11.6. The van der Waals surface area contributed by atoms with Crippen LogP contribution in [0.25, 0.3) is 0 Å². The lowest BCUT2D eigenvalue weighted by Gasteiger charge is -2.18. The molecule has 0 amide bonds. The number of aryl methyl sites for hydroxylation is 1. The Morgan fingerprint density at radius 2 is 2.00 bits per heavy atom. The smallest absolute Gasteiger partial charge is 0.163 e. The van der Waals surface area contributed by atoms with Crippen molar-refractivity contribution in [3.63, 3.8) is 0 Å². The Kier molecular flexibility index (Phi) is 3.50. The first-order valence-electron chi connectivity index (χ1n) is 6.94. The van der Waals surface area contributed by atoms with E-state index in [1.54, 1.807) is 0 Å². The fourth-order valence-electron chi connectivity index (χ4n) is 2.61. The van der Waals surface area contributed by atoms with Gasteiger partial charge in [0.25, 0.3) is 0 Å². The lowest BCUT2D eigenvalue weighted by Crippen LogP contribution is -2.12. The largest absolute Gasteiger partial charge is 0.487 e. The number of ketones is 1. The maximum atomic E-state index is 11.9. The van der Waals surface area contributed by atoms with Crippen molar-refractivity contribution in [1.29, 1.82) is 0 Å². The first kappa shape index (κ1) is 12.9. The average Bonchev–Trinajstić information content (AvgIpc) is 2.46. The summed E-state index contributed by atoms with van der Waals surface area (Å²) in [6, 6.07) is 11.6. The molecule has 0 saturated carbocycles. The van der Waals surface area contributed by atoms with E-state index in [1.807, 2.05) is 43.3 Å². The third-order valence-corrected chi connectivity index (χ3v) is 3.59. The van der Waals surface area contributed by atoms with Crippen LogP contribution in [0, 0.1) is 6.92 Å². The van der Waals surface area contributed by atoms with Gasteiger partial charge in [-0.15, -0.1) is 0 Å². The summed E-state index contributed by atoms with van der Waals surface area (Å²) in [5, 5.41) is 0. The number of aromatic nitrogens is 1. The molecule has 0 spiro atoms. The SMILES string of the molecule is Cc1cccc(COc2cccc3c2CCCC3=O)n1. The molecule has 0 radical (unpaired) electrons. The maximum absolute atomic E-state index is 11.9. The van der Waals surface area contributed by atoms with Crippen LogP contribution in [0.5, 0.6) is 5.75 Å². The molecule has 0 N–H and O–H groups in total. The van der Waals surface area contributed by atoms with E-state index in [0.717, 1.165) is 41.1 Å². The molecule has 1 aliphatic rings. The van der Waals surface area contributed by atoms with Crippen LogP contribution in [0.2, 0.25) is 0 Å². The lowest BCUT2D eigenvalue weighted by molar-refractivity contribution is 0.0971. The Balaban J connectivity index is 1.81. The van der Waals surface area contributed by atoms with Crippen LogP contribution < -0.4 is 4.74 Å². The number of nitrogens with zero attached hydrogens (tertiary/aromatic N) is 1. The number of benzene rings is 1. The number of carbonyl (C=O) groups excluding carboxylic acids is 1. The van der Waals surface area contributed by atoms with Gasteiger partial charge >= 0.3 is 0 Å². The Hall–Kier alpha value is -2.16. The third kappa shape index (κ3) is 2.57. The Morgan fingerprint density at radius 1 is 1.15 bits per heavy atom. The molecule has 1 aromatic heterocycles. The van der Waals surface area contributed by atoms with Crippen molar-refractivity contribution < 1.29 is 9.53 Å². The molecule has 3 nitrogen and oxygen atoms in total. The van der Waals surface area contributed by atoms with Crippen LogP contribution >= 0.6 is 0 Å². The topological polar surface area (TPSA) is 39.2 Å². The van der Waals surface area contributed by atoms with Gasteiger partial charge in [0.05, 0.1) is 5.69 Å². The highest BCUT2D eigenvalue weighted by molar-refractivity contribution is 5.99. The molecule has 3 rings (SSSR count). The van der Waals surface area contributed by atoms with Crippen LogP contribution in [0.15, 0.2) is 36.4 Å². The van der Waals surface area contributed by atoms with E-state index in [-0.39, 0.29) is 5.78 Å². The molecule has 1 aliphatic carbocycles. The van der Waals surface area contributed by atoms with Crippen LogP contribution in [0.1, 0.15) is 40.2 Å². The number of carbonyl (C=O) groups is 1. The van der Waals surface area contributed by atoms with Gasteiger partial charge in [-0.2, -0.15) is 0 Å². The molecule has 1 heterocycles. The molecular formula is C17H17NO2. The van der Waals surface area contributed by atoms with E-state index >= 15 is 0 Å². The van der Waals surface area contributed by atoms with E-state index in [2.05, 4.69) is 4.98 Å². The predicted molar refractivity (Wildman–Crippen MR) is 77.0 cm³/mol. The zero-order chi connectivity index (χ0) is 13.9. The summed E-state index contributed by atoms with van der Waals surface area (Å²) in [4.78, 5) is 16.3. The Labute approximate surface area is 118 Å². The van der Waals surface area contributed by atoms with E-state index in [0.29, 0.717) is 13.0 Å². The highest BCUT2D eigenvalue weighted by atomic mass is 16.5. The predicted octanol–water partition coefficient (Wildman–Crippen LogP) is 3.49. The number of hydrogen-bond donors (Lipinski definition) is 0. The van der Waals surface area contributed by atoms with Crippen LogP contribution in [-0.2, 0) is 13.0 Å². The molecule has 0 aliphatic heterocycles. The number of ether oxygens (including phenoxy) is 1. The second-order valence-corrected chi connectivity index (χ2v) is 5.12. The van der Waals surface area contributed by atoms with Gasteiger partial charge in [-0.25, -0.2) is 0 Å². The Bertz CT molecular complexity index is 649. The number of hydrogen-bond acceptors (Lipinski definition) is 3. The minimum Gasteiger partial charge on any atom is -0.487 e. The zero-order valence-electron chi connectivity index (χ0n) is 11.6.